The van der Waals surface area contributed by atoms with Crippen LogP contribution in [0.4, 0.5) is 26.2 Å². The number of anilines is 3. The summed E-state index contributed by atoms with van der Waals surface area (Å²) in [4.78, 5) is 23.1. The van der Waals surface area contributed by atoms with Crippen molar-refractivity contribution in [3.05, 3.63) is 41.1 Å². The number of nitrogens with one attached hydrogen (secondary N) is 1. The van der Waals surface area contributed by atoms with Crippen molar-refractivity contribution in [3.8, 4) is 0 Å². The number of carboxylic acid groups (broad SMARTS) is 1. The Morgan fingerprint density at radius 1 is 1.03 bits per heavy atom. The third-order valence-electron chi connectivity index (χ3n) is 6.64. The molecule has 172 valence electrons. The van der Waals surface area contributed by atoms with Crippen molar-refractivity contribution in [2.45, 2.75) is 56.8 Å². The largest absolute Gasteiger partial charge is 0.481 e. The molecule has 1 heterocycles. The van der Waals surface area contributed by atoms with E-state index in [9.17, 15) is 18.7 Å². The first kappa shape index (κ1) is 22.4. The van der Waals surface area contributed by atoms with Crippen LogP contribution in [0.25, 0.3) is 0 Å². The van der Waals surface area contributed by atoms with Crippen LogP contribution in [0, 0.1) is 0 Å². The molecule has 0 spiro atoms. The van der Waals surface area contributed by atoms with Gasteiger partial charge in [-0.3, -0.25) is 13.6 Å². The first-order valence-corrected chi connectivity index (χ1v) is 11.4. The number of aromatic nitrogens is 2. The molecule has 1 saturated carbocycles. The van der Waals surface area contributed by atoms with Gasteiger partial charge in [0.1, 0.15) is 5.82 Å². The van der Waals surface area contributed by atoms with E-state index in [1.165, 1.54) is 0 Å². The van der Waals surface area contributed by atoms with Crippen LogP contribution in [0.15, 0.2) is 24.3 Å². The zero-order valence-corrected chi connectivity index (χ0v) is 18.2. The van der Waals surface area contributed by atoms with E-state index >= 15 is 0 Å². The molecule has 8 heteroatoms. The Hall–Kier alpha value is -2.77. The van der Waals surface area contributed by atoms with Crippen molar-refractivity contribution in [1.29, 1.82) is 0 Å². The van der Waals surface area contributed by atoms with Crippen LogP contribution in [0.2, 0.25) is 0 Å². The molecule has 0 unspecified atom stereocenters. The highest BCUT2D eigenvalue weighted by atomic mass is 19.1. The van der Waals surface area contributed by atoms with Gasteiger partial charge in [-0.15, -0.1) is 0 Å². The summed E-state index contributed by atoms with van der Waals surface area (Å²) >= 11 is 0. The topological polar surface area (TPSA) is 78.3 Å². The van der Waals surface area contributed by atoms with Crippen molar-refractivity contribution >= 4 is 23.4 Å². The van der Waals surface area contributed by atoms with Crippen molar-refractivity contribution in [1.82, 2.24) is 9.97 Å². The second-order valence-corrected chi connectivity index (χ2v) is 8.67. The fourth-order valence-electron chi connectivity index (χ4n) is 4.64. The van der Waals surface area contributed by atoms with Gasteiger partial charge in [0.25, 0.3) is 0 Å². The molecule has 2 N–H and O–H groups in total. The summed E-state index contributed by atoms with van der Waals surface area (Å²) in [5, 5.41) is 13.1. The summed E-state index contributed by atoms with van der Waals surface area (Å²) in [7, 11) is 0. The van der Waals surface area contributed by atoms with Gasteiger partial charge in [-0.05, 0) is 62.6 Å². The van der Waals surface area contributed by atoms with E-state index in [-0.39, 0.29) is 0 Å². The molecule has 0 aliphatic heterocycles. The van der Waals surface area contributed by atoms with E-state index in [0.29, 0.717) is 44.7 Å². The average Bonchev–Trinajstić information content (AvgIpc) is 3.23. The molecule has 2 aliphatic rings. The minimum atomic E-state index is -0.760. The van der Waals surface area contributed by atoms with Crippen molar-refractivity contribution < 1.29 is 18.7 Å². The van der Waals surface area contributed by atoms with Crippen LogP contribution < -0.4 is 10.2 Å². The van der Waals surface area contributed by atoms with Crippen LogP contribution in [0.5, 0.6) is 0 Å². The third-order valence-corrected chi connectivity index (χ3v) is 6.64. The minimum Gasteiger partial charge on any atom is -0.481 e. The fraction of sp³-hybridized carbons (Fsp3) is 0.542. The molecule has 0 saturated heterocycles. The van der Waals surface area contributed by atoms with Gasteiger partial charge < -0.3 is 15.3 Å². The molecule has 4 rings (SSSR count). The Balaban J connectivity index is 1.58. The van der Waals surface area contributed by atoms with E-state index in [0.717, 1.165) is 54.0 Å². The lowest BCUT2D eigenvalue weighted by atomic mass is 9.64. The highest BCUT2D eigenvalue weighted by Crippen LogP contribution is 2.44. The summed E-state index contributed by atoms with van der Waals surface area (Å²) in [5.74, 6) is 0.465. The van der Waals surface area contributed by atoms with E-state index in [1.807, 2.05) is 29.2 Å². The summed E-state index contributed by atoms with van der Waals surface area (Å²) < 4.78 is 25.6. The first-order valence-electron chi connectivity index (χ1n) is 11.4. The number of benzene rings is 1. The molecule has 1 aromatic carbocycles. The molecule has 0 amide bonds. The molecule has 1 aromatic heterocycles. The average molecular weight is 445 g/mol. The summed E-state index contributed by atoms with van der Waals surface area (Å²) in [6.07, 6.45) is 5.72. The maximum atomic E-state index is 12.8. The normalized spacial score (nSPS) is 16.3. The van der Waals surface area contributed by atoms with Crippen molar-refractivity contribution in [2.75, 3.05) is 36.7 Å². The second kappa shape index (κ2) is 9.79. The van der Waals surface area contributed by atoms with Gasteiger partial charge in [0.05, 0.1) is 24.5 Å². The van der Waals surface area contributed by atoms with Crippen LogP contribution in [0.1, 0.15) is 55.3 Å². The number of aliphatic carboxylic acids is 1. The molecule has 1 fully saturated rings. The first-order chi connectivity index (χ1) is 15.6. The lowest BCUT2D eigenvalue weighted by molar-refractivity contribution is -0.147. The van der Waals surface area contributed by atoms with E-state index < -0.39 is 24.7 Å². The van der Waals surface area contributed by atoms with Gasteiger partial charge in [-0.1, -0.05) is 18.6 Å². The highest BCUT2D eigenvalue weighted by Gasteiger charge is 2.45. The number of hydrogen-bond donors (Lipinski definition) is 2. The fourth-order valence-corrected chi connectivity index (χ4v) is 4.64. The quantitative estimate of drug-likeness (QED) is 0.521. The number of carboxylic acids is 1. The van der Waals surface area contributed by atoms with E-state index in [4.69, 9.17) is 9.97 Å². The highest BCUT2D eigenvalue weighted by molar-refractivity contribution is 5.83. The van der Waals surface area contributed by atoms with Crippen LogP contribution >= 0.6 is 0 Å². The molecule has 32 heavy (non-hydrogen) atoms. The number of aryl methyl sites for hydroxylation is 1. The maximum absolute atomic E-state index is 12.8. The number of nitrogens with zero attached hydrogens (tertiary/aromatic N) is 3. The van der Waals surface area contributed by atoms with Crippen molar-refractivity contribution in [3.63, 3.8) is 0 Å². The van der Waals surface area contributed by atoms with Gasteiger partial charge in [0.15, 0.2) is 0 Å². The number of alkyl halides is 2. The summed E-state index contributed by atoms with van der Waals surface area (Å²) in [6, 6.07) is 7.55. The number of halogens is 2. The molecule has 2 aliphatic carbocycles. The van der Waals surface area contributed by atoms with Crippen LogP contribution in [0.3, 0.4) is 0 Å². The molecule has 0 atom stereocenters. The molecule has 6 nitrogen and oxygen atoms in total. The minimum absolute atomic E-state index is 0.349. The van der Waals surface area contributed by atoms with Gasteiger partial charge >= 0.3 is 5.97 Å². The van der Waals surface area contributed by atoms with Crippen LogP contribution in [-0.4, -0.2) is 47.5 Å². The molecule has 2 aromatic rings. The molecular formula is C24H30F2N4O2. The lowest BCUT2D eigenvalue weighted by Gasteiger charge is -2.38. The Labute approximate surface area is 187 Å². The Morgan fingerprint density at radius 3 is 2.28 bits per heavy atom. The standard InChI is InChI=1S/C24H30F2N4O2/c25-13-3-15-30(16-4-14-26)23-28-20-6-1-5-19(20)21(29-23)27-18-9-7-17(8-10-18)24(22(31)32)11-2-12-24/h7-10H,1-6,11-16H2,(H,31,32)(H,27,28,29). The van der Waals surface area contributed by atoms with Gasteiger partial charge in [-0.2, -0.15) is 4.98 Å². The Morgan fingerprint density at radius 2 is 1.72 bits per heavy atom. The zero-order chi connectivity index (χ0) is 22.6. The second-order valence-electron chi connectivity index (χ2n) is 8.67. The van der Waals surface area contributed by atoms with E-state index in [1.54, 1.807) is 0 Å². The van der Waals surface area contributed by atoms with Gasteiger partial charge in [-0.25, -0.2) is 4.98 Å². The number of carbonyl (C=O) groups is 1. The van der Waals surface area contributed by atoms with E-state index in [2.05, 4.69) is 5.32 Å². The van der Waals surface area contributed by atoms with Crippen LogP contribution in [-0.2, 0) is 23.1 Å². The Bertz CT molecular complexity index is 940. The summed E-state index contributed by atoms with van der Waals surface area (Å²) in [6.45, 7) is 0.0140. The number of fused-ring (bicyclic) bond motifs is 1. The predicted octanol–water partition coefficient (Wildman–Crippen LogP) is 4.74. The maximum Gasteiger partial charge on any atom is 0.314 e. The number of rotatable bonds is 11. The monoisotopic (exact) mass is 444 g/mol. The molecular weight excluding hydrogens is 414 g/mol. The lowest BCUT2D eigenvalue weighted by Crippen LogP contribution is -2.42. The predicted molar refractivity (Wildman–Crippen MR) is 120 cm³/mol. The van der Waals surface area contributed by atoms with Gasteiger partial charge in [0, 0.05) is 24.3 Å². The molecule has 0 radical (unpaired) electrons. The zero-order valence-electron chi connectivity index (χ0n) is 18.2. The summed E-state index contributed by atoms with van der Waals surface area (Å²) in [5.41, 5.74) is 2.97. The SMILES string of the molecule is O=C(O)C1(c2ccc(Nc3nc(N(CCCF)CCCF)nc4c3CCC4)cc2)CCC1. The van der Waals surface area contributed by atoms with Crippen molar-refractivity contribution in [2.24, 2.45) is 0 Å². The molecule has 0 bridgehead atoms. The third kappa shape index (κ3) is 4.40. The number of hydrogen-bond acceptors (Lipinski definition) is 5. The Kier molecular flexibility index (Phi) is 6.86. The smallest absolute Gasteiger partial charge is 0.314 e. The van der Waals surface area contributed by atoms with Gasteiger partial charge in [0.2, 0.25) is 5.95 Å².